The summed E-state index contributed by atoms with van der Waals surface area (Å²) in [5.41, 5.74) is 3.75. The molecule has 0 fully saturated rings. The van der Waals surface area contributed by atoms with E-state index in [0.717, 1.165) is 0 Å². The van der Waals surface area contributed by atoms with Crippen molar-refractivity contribution in [1.82, 2.24) is 5.43 Å². The number of anilines is 1. The third-order valence-corrected chi connectivity index (χ3v) is 3.36. The van der Waals surface area contributed by atoms with Gasteiger partial charge in [0.2, 0.25) is 0 Å². The van der Waals surface area contributed by atoms with Gasteiger partial charge in [-0.1, -0.05) is 12.1 Å². The van der Waals surface area contributed by atoms with E-state index in [4.69, 9.17) is 4.74 Å². The fourth-order valence-electron chi connectivity index (χ4n) is 2.01. The van der Waals surface area contributed by atoms with E-state index in [2.05, 4.69) is 15.8 Å². The molecule has 0 aliphatic heterocycles. The molecule has 0 bridgehead atoms. The van der Waals surface area contributed by atoms with E-state index in [1.165, 1.54) is 18.3 Å². The molecule has 0 heterocycles. The van der Waals surface area contributed by atoms with E-state index in [9.17, 15) is 14.9 Å². The van der Waals surface area contributed by atoms with Gasteiger partial charge in [-0.05, 0) is 36.8 Å². The van der Waals surface area contributed by atoms with Crippen molar-refractivity contribution in [2.45, 2.75) is 13.0 Å². The molecule has 0 aromatic heterocycles. The summed E-state index contributed by atoms with van der Waals surface area (Å²) in [6.45, 7) is 1.70. The van der Waals surface area contributed by atoms with Crippen LogP contribution in [-0.2, 0) is 4.79 Å². The van der Waals surface area contributed by atoms with Crippen molar-refractivity contribution >= 4 is 23.5 Å². The summed E-state index contributed by atoms with van der Waals surface area (Å²) >= 11 is 0. The molecule has 0 radical (unpaired) electrons. The van der Waals surface area contributed by atoms with Crippen LogP contribution in [0.2, 0.25) is 0 Å². The predicted molar refractivity (Wildman–Crippen MR) is 94.9 cm³/mol. The van der Waals surface area contributed by atoms with Gasteiger partial charge in [0.1, 0.15) is 11.8 Å². The minimum absolute atomic E-state index is 0.00387. The maximum absolute atomic E-state index is 12.1. The number of rotatable bonds is 7. The van der Waals surface area contributed by atoms with E-state index in [-0.39, 0.29) is 11.6 Å². The molecule has 8 heteroatoms. The average Bonchev–Trinajstić information content (AvgIpc) is 2.62. The molecule has 0 spiro atoms. The van der Waals surface area contributed by atoms with Crippen LogP contribution in [0.1, 0.15) is 12.5 Å². The fourth-order valence-corrected chi connectivity index (χ4v) is 2.01. The summed E-state index contributed by atoms with van der Waals surface area (Å²) < 4.78 is 5.22. The first kappa shape index (κ1) is 17.9. The van der Waals surface area contributed by atoms with Crippen LogP contribution in [0.25, 0.3) is 0 Å². The number of carbonyl (C=O) groups excluding carboxylic acids is 1. The van der Waals surface area contributed by atoms with E-state index >= 15 is 0 Å². The van der Waals surface area contributed by atoms with Gasteiger partial charge in [-0.3, -0.25) is 14.9 Å². The quantitative estimate of drug-likeness (QED) is 0.457. The summed E-state index contributed by atoms with van der Waals surface area (Å²) in [6, 6.07) is 12.6. The highest BCUT2D eigenvalue weighted by atomic mass is 16.6. The smallest absolute Gasteiger partial charge is 0.269 e. The lowest BCUT2D eigenvalue weighted by Gasteiger charge is -2.15. The second-order valence-corrected chi connectivity index (χ2v) is 5.15. The fraction of sp³-hybridized carbons (Fsp3) is 0.176. The number of nitrogens with zero attached hydrogens (tertiary/aromatic N) is 2. The Hall–Kier alpha value is -3.42. The van der Waals surface area contributed by atoms with Gasteiger partial charge in [0.25, 0.3) is 11.6 Å². The molecular weight excluding hydrogens is 324 g/mol. The molecule has 130 valence electrons. The van der Waals surface area contributed by atoms with Crippen LogP contribution >= 0.6 is 0 Å². The van der Waals surface area contributed by atoms with Crippen LogP contribution in [-0.4, -0.2) is 30.2 Å². The Kier molecular flexibility index (Phi) is 6.05. The molecule has 1 amide bonds. The van der Waals surface area contributed by atoms with Crippen LogP contribution in [0.5, 0.6) is 5.75 Å². The summed E-state index contributed by atoms with van der Waals surface area (Å²) in [6.07, 6.45) is 1.41. The number of nitrogens with one attached hydrogen (secondary N) is 2. The maximum atomic E-state index is 12.1. The van der Waals surface area contributed by atoms with Gasteiger partial charge in [0, 0.05) is 12.1 Å². The molecule has 2 N–H and O–H groups in total. The normalized spacial score (nSPS) is 11.8. The Morgan fingerprint density at radius 3 is 2.56 bits per heavy atom. The Morgan fingerprint density at radius 2 is 1.92 bits per heavy atom. The Labute approximate surface area is 144 Å². The molecular formula is C17H18N4O4. The number of carbonyl (C=O) groups is 1. The second-order valence-electron chi connectivity index (χ2n) is 5.15. The molecule has 0 saturated heterocycles. The zero-order chi connectivity index (χ0) is 18.2. The van der Waals surface area contributed by atoms with Crippen molar-refractivity contribution in [3.8, 4) is 5.75 Å². The number of para-hydroxylation sites is 2. The largest absolute Gasteiger partial charge is 0.495 e. The van der Waals surface area contributed by atoms with E-state index in [1.807, 2.05) is 18.2 Å². The standard InChI is InChI=1S/C17H18N4O4/c1-12(19-15-5-3-4-6-16(15)25-2)17(22)20-18-11-13-7-9-14(10-8-13)21(23)24/h3-12,19H,1-2H3,(H,20,22)/b18-11+. The number of hydrogen-bond donors (Lipinski definition) is 2. The molecule has 2 aromatic carbocycles. The predicted octanol–water partition coefficient (Wildman–Crippen LogP) is 2.55. The number of benzene rings is 2. The molecule has 25 heavy (non-hydrogen) atoms. The SMILES string of the molecule is COc1ccccc1NC(C)C(=O)N/N=C/c1ccc([N+](=O)[O-])cc1. The van der Waals surface area contributed by atoms with Crippen molar-refractivity contribution < 1.29 is 14.5 Å². The highest BCUT2D eigenvalue weighted by Gasteiger charge is 2.13. The maximum Gasteiger partial charge on any atom is 0.269 e. The van der Waals surface area contributed by atoms with Crippen molar-refractivity contribution in [3.05, 3.63) is 64.2 Å². The van der Waals surface area contributed by atoms with Crippen LogP contribution < -0.4 is 15.5 Å². The molecule has 1 atom stereocenters. The zero-order valence-corrected chi connectivity index (χ0v) is 13.8. The van der Waals surface area contributed by atoms with Gasteiger partial charge in [-0.15, -0.1) is 0 Å². The average molecular weight is 342 g/mol. The van der Waals surface area contributed by atoms with Gasteiger partial charge >= 0.3 is 0 Å². The van der Waals surface area contributed by atoms with Gasteiger partial charge in [0.05, 0.1) is 23.9 Å². The number of hydrogen-bond acceptors (Lipinski definition) is 6. The number of nitro groups is 1. The Morgan fingerprint density at radius 1 is 1.24 bits per heavy atom. The lowest BCUT2D eigenvalue weighted by Crippen LogP contribution is -2.35. The van der Waals surface area contributed by atoms with Crippen LogP contribution in [0, 0.1) is 10.1 Å². The van der Waals surface area contributed by atoms with E-state index in [1.54, 1.807) is 32.2 Å². The lowest BCUT2D eigenvalue weighted by atomic mass is 10.2. The van der Waals surface area contributed by atoms with Crippen molar-refractivity contribution in [2.24, 2.45) is 5.10 Å². The van der Waals surface area contributed by atoms with E-state index in [0.29, 0.717) is 17.0 Å². The second kappa shape index (κ2) is 8.44. The summed E-state index contributed by atoms with van der Waals surface area (Å²) in [5.74, 6) is 0.306. The Bertz CT molecular complexity index is 774. The van der Waals surface area contributed by atoms with Gasteiger partial charge in [-0.25, -0.2) is 5.43 Å². The first-order valence-electron chi connectivity index (χ1n) is 7.48. The lowest BCUT2D eigenvalue weighted by molar-refractivity contribution is -0.384. The number of methoxy groups -OCH3 is 1. The molecule has 1 unspecified atom stereocenters. The summed E-state index contributed by atoms with van der Waals surface area (Å²) in [4.78, 5) is 22.2. The van der Waals surface area contributed by atoms with Gasteiger partial charge in [0.15, 0.2) is 0 Å². The topological polar surface area (TPSA) is 106 Å². The molecule has 2 aromatic rings. The third-order valence-electron chi connectivity index (χ3n) is 3.36. The number of amides is 1. The van der Waals surface area contributed by atoms with E-state index < -0.39 is 11.0 Å². The first-order chi connectivity index (χ1) is 12.0. The Balaban J connectivity index is 1.91. The van der Waals surface area contributed by atoms with Crippen molar-refractivity contribution in [1.29, 1.82) is 0 Å². The minimum Gasteiger partial charge on any atom is -0.495 e. The zero-order valence-electron chi connectivity index (χ0n) is 13.8. The summed E-state index contributed by atoms with van der Waals surface area (Å²) in [5, 5.41) is 17.5. The molecule has 0 saturated carbocycles. The van der Waals surface area contributed by atoms with Gasteiger partial charge < -0.3 is 10.1 Å². The monoisotopic (exact) mass is 342 g/mol. The highest BCUT2D eigenvalue weighted by molar-refractivity contribution is 5.86. The third kappa shape index (κ3) is 5.03. The number of non-ortho nitro benzene ring substituents is 1. The molecule has 0 aliphatic rings. The van der Waals surface area contributed by atoms with Gasteiger partial charge in [-0.2, -0.15) is 5.10 Å². The first-order valence-corrected chi connectivity index (χ1v) is 7.48. The van der Waals surface area contributed by atoms with Crippen LogP contribution in [0.15, 0.2) is 53.6 Å². The summed E-state index contributed by atoms with van der Waals surface area (Å²) in [7, 11) is 1.56. The van der Waals surface area contributed by atoms with Crippen molar-refractivity contribution in [2.75, 3.05) is 12.4 Å². The molecule has 2 rings (SSSR count). The molecule has 0 aliphatic carbocycles. The number of ether oxygens (including phenoxy) is 1. The van der Waals surface area contributed by atoms with Crippen LogP contribution in [0.4, 0.5) is 11.4 Å². The van der Waals surface area contributed by atoms with Crippen molar-refractivity contribution in [3.63, 3.8) is 0 Å². The number of hydrazone groups is 1. The van der Waals surface area contributed by atoms with Crippen LogP contribution in [0.3, 0.4) is 0 Å². The minimum atomic E-state index is -0.537. The molecule has 8 nitrogen and oxygen atoms in total. The number of nitro benzene ring substituents is 1. The highest BCUT2D eigenvalue weighted by Crippen LogP contribution is 2.23.